The molecule has 0 fully saturated rings. The Labute approximate surface area is 202 Å². The summed E-state index contributed by atoms with van der Waals surface area (Å²) in [4.78, 5) is 20.1. The number of pyridine rings is 2. The number of hydrogen-bond acceptors (Lipinski definition) is 8. The summed E-state index contributed by atoms with van der Waals surface area (Å²) in [5.74, 6) is 0.162. The molecule has 1 atom stereocenters. The standard InChI is InChI=1S/C22H21ClF3N5O4/c1-3-30-11-31(29-18(30)10-32)14-6-13-4-5-27-21(35-16-8-19(33)28-9-15(16)23)20(13)17(7-14)34-12(2)22(24,25)26/h4-9,12,32H,3,10-11H2,1-2H3,(H,28,33). The molecule has 0 aliphatic carbocycles. The lowest BCUT2D eigenvalue weighted by Gasteiger charge is -2.23. The number of nitrogens with zero attached hydrogens (tertiary/aromatic N) is 4. The van der Waals surface area contributed by atoms with Crippen LogP contribution in [0.5, 0.6) is 17.4 Å². The molecular weight excluding hydrogens is 491 g/mol. The van der Waals surface area contributed by atoms with Crippen LogP contribution in [-0.4, -0.2) is 57.9 Å². The molecule has 4 rings (SSSR count). The normalized spacial score (nSPS) is 14.9. The first-order valence-electron chi connectivity index (χ1n) is 10.5. The molecule has 0 saturated carbocycles. The minimum atomic E-state index is -4.63. The summed E-state index contributed by atoms with van der Waals surface area (Å²) < 4.78 is 51.2. The number of likely N-dealkylation sites (N-methyl/N-ethyl adjacent to an activating group) is 1. The second kappa shape index (κ2) is 9.62. The summed E-state index contributed by atoms with van der Waals surface area (Å²) in [6.07, 6.45) is -4.13. The van der Waals surface area contributed by atoms with Gasteiger partial charge in [0, 0.05) is 31.1 Å². The predicted molar refractivity (Wildman–Crippen MR) is 124 cm³/mol. The quantitative estimate of drug-likeness (QED) is 0.492. The Bertz CT molecular complexity index is 1330. The van der Waals surface area contributed by atoms with Crippen LogP contribution >= 0.6 is 11.6 Å². The molecule has 186 valence electrons. The van der Waals surface area contributed by atoms with E-state index in [0.29, 0.717) is 30.1 Å². The lowest BCUT2D eigenvalue weighted by Crippen LogP contribution is -2.32. The molecule has 9 nitrogen and oxygen atoms in total. The Kier molecular flexibility index (Phi) is 6.77. The number of nitrogens with one attached hydrogen (secondary N) is 1. The molecule has 1 aromatic carbocycles. The van der Waals surface area contributed by atoms with E-state index in [2.05, 4.69) is 15.1 Å². The highest BCUT2D eigenvalue weighted by atomic mass is 35.5. The molecule has 1 aliphatic heterocycles. The Morgan fingerprint density at radius 3 is 2.71 bits per heavy atom. The van der Waals surface area contributed by atoms with Gasteiger partial charge in [0.2, 0.25) is 5.88 Å². The summed E-state index contributed by atoms with van der Waals surface area (Å²) in [7, 11) is 0. The van der Waals surface area contributed by atoms with Crippen molar-refractivity contribution in [1.82, 2.24) is 14.9 Å². The summed E-state index contributed by atoms with van der Waals surface area (Å²) in [5, 5.41) is 16.2. The van der Waals surface area contributed by atoms with Crippen molar-refractivity contribution in [1.29, 1.82) is 0 Å². The Balaban J connectivity index is 1.85. The van der Waals surface area contributed by atoms with Gasteiger partial charge in [-0.2, -0.15) is 18.3 Å². The summed E-state index contributed by atoms with van der Waals surface area (Å²) in [6.45, 7) is 3.37. The molecule has 3 heterocycles. The number of amidine groups is 1. The maximum atomic E-state index is 13.4. The number of fused-ring (bicyclic) bond motifs is 1. The van der Waals surface area contributed by atoms with Crippen molar-refractivity contribution in [2.45, 2.75) is 26.1 Å². The van der Waals surface area contributed by atoms with Gasteiger partial charge >= 0.3 is 6.18 Å². The van der Waals surface area contributed by atoms with Crippen LogP contribution in [0.2, 0.25) is 5.02 Å². The van der Waals surface area contributed by atoms with E-state index in [0.717, 1.165) is 13.0 Å². The van der Waals surface area contributed by atoms with E-state index < -0.39 is 17.8 Å². The van der Waals surface area contributed by atoms with Crippen molar-refractivity contribution in [2.75, 3.05) is 24.8 Å². The van der Waals surface area contributed by atoms with E-state index >= 15 is 0 Å². The van der Waals surface area contributed by atoms with E-state index in [9.17, 15) is 23.1 Å². The number of benzene rings is 1. The van der Waals surface area contributed by atoms with Gasteiger partial charge in [0.1, 0.15) is 19.0 Å². The van der Waals surface area contributed by atoms with Gasteiger partial charge in [0.25, 0.3) is 5.56 Å². The third kappa shape index (κ3) is 5.13. The van der Waals surface area contributed by atoms with Crippen LogP contribution in [0.25, 0.3) is 10.8 Å². The van der Waals surface area contributed by atoms with Gasteiger partial charge in [0.15, 0.2) is 17.7 Å². The van der Waals surface area contributed by atoms with Gasteiger partial charge < -0.3 is 24.5 Å². The molecule has 2 aromatic heterocycles. The Hall–Kier alpha value is -3.51. The molecule has 0 spiro atoms. The van der Waals surface area contributed by atoms with Crippen molar-refractivity contribution in [2.24, 2.45) is 5.10 Å². The van der Waals surface area contributed by atoms with Gasteiger partial charge in [-0.1, -0.05) is 11.6 Å². The van der Waals surface area contributed by atoms with Crippen LogP contribution in [0, 0.1) is 0 Å². The van der Waals surface area contributed by atoms with E-state index in [-0.39, 0.29) is 34.4 Å². The van der Waals surface area contributed by atoms with Crippen LogP contribution in [0.1, 0.15) is 13.8 Å². The highest BCUT2D eigenvalue weighted by Gasteiger charge is 2.38. The number of aromatic amines is 1. The molecule has 35 heavy (non-hydrogen) atoms. The molecule has 3 aromatic rings. The lowest BCUT2D eigenvalue weighted by atomic mass is 10.1. The number of aliphatic hydroxyl groups excluding tert-OH is 1. The first-order chi connectivity index (χ1) is 16.6. The maximum Gasteiger partial charge on any atom is 0.425 e. The number of alkyl halides is 3. The number of rotatable bonds is 7. The molecule has 0 amide bonds. The molecule has 1 aliphatic rings. The number of aliphatic hydroxyl groups is 1. The van der Waals surface area contributed by atoms with Crippen molar-refractivity contribution in [3.63, 3.8) is 0 Å². The molecule has 0 bridgehead atoms. The highest BCUT2D eigenvalue weighted by molar-refractivity contribution is 6.31. The number of aromatic nitrogens is 2. The molecule has 1 unspecified atom stereocenters. The average Bonchev–Trinajstić information content (AvgIpc) is 3.24. The third-order valence-corrected chi connectivity index (χ3v) is 5.61. The average molecular weight is 512 g/mol. The highest BCUT2D eigenvalue weighted by Crippen LogP contribution is 2.41. The molecule has 2 N–H and O–H groups in total. The fraction of sp³-hybridized carbons (Fsp3) is 0.318. The first kappa shape index (κ1) is 24.6. The largest absolute Gasteiger partial charge is 0.480 e. The number of ether oxygens (including phenoxy) is 2. The number of hydrogen-bond donors (Lipinski definition) is 2. The predicted octanol–water partition coefficient (Wildman–Crippen LogP) is 4.10. The van der Waals surface area contributed by atoms with Crippen LogP contribution in [0.3, 0.4) is 0 Å². The monoisotopic (exact) mass is 511 g/mol. The number of anilines is 1. The van der Waals surface area contributed by atoms with Crippen LogP contribution < -0.4 is 20.0 Å². The van der Waals surface area contributed by atoms with E-state index in [1.54, 1.807) is 17.1 Å². The van der Waals surface area contributed by atoms with Gasteiger partial charge in [-0.05, 0) is 31.4 Å². The molecule has 13 heteroatoms. The van der Waals surface area contributed by atoms with Gasteiger partial charge in [-0.25, -0.2) is 9.99 Å². The zero-order valence-corrected chi connectivity index (χ0v) is 19.4. The van der Waals surface area contributed by atoms with Crippen LogP contribution in [0.15, 0.2) is 46.6 Å². The van der Waals surface area contributed by atoms with Crippen molar-refractivity contribution < 1.29 is 27.8 Å². The van der Waals surface area contributed by atoms with Gasteiger partial charge in [-0.3, -0.25) is 4.79 Å². The van der Waals surface area contributed by atoms with E-state index in [4.69, 9.17) is 21.1 Å². The van der Waals surface area contributed by atoms with Crippen molar-refractivity contribution in [3.05, 3.63) is 52.0 Å². The lowest BCUT2D eigenvalue weighted by molar-refractivity contribution is -0.189. The molecule has 0 radical (unpaired) electrons. The SMILES string of the molecule is CCN1CN(c2cc(OC(C)C(F)(F)F)c3c(Oc4cc(=O)[nH]cc4Cl)nccc3c2)N=C1CO. The molecular formula is C22H21ClF3N5O4. The second-order valence-electron chi connectivity index (χ2n) is 7.64. The molecule has 0 saturated heterocycles. The van der Waals surface area contributed by atoms with E-state index in [1.165, 1.54) is 18.5 Å². The minimum Gasteiger partial charge on any atom is -0.480 e. The Morgan fingerprint density at radius 1 is 1.29 bits per heavy atom. The summed E-state index contributed by atoms with van der Waals surface area (Å²) >= 11 is 6.10. The zero-order chi connectivity index (χ0) is 25.3. The summed E-state index contributed by atoms with van der Waals surface area (Å²) in [5.41, 5.74) is -0.0451. The second-order valence-corrected chi connectivity index (χ2v) is 8.05. The van der Waals surface area contributed by atoms with E-state index in [1.807, 2.05) is 11.8 Å². The minimum absolute atomic E-state index is 0.0235. The van der Waals surface area contributed by atoms with Crippen LogP contribution in [-0.2, 0) is 0 Å². The Morgan fingerprint density at radius 2 is 2.06 bits per heavy atom. The van der Waals surface area contributed by atoms with Crippen LogP contribution in [0.4, 0.5) is 18.9 Å². The van der Waals surface area contributed by atoms with Gasteiger partial charge in [0.05, 0.1) is 16.1 Å². The first-order valence-corrected chi connectivity index (χ1v) is 10.9. The van der Waals surface area contributed by atoms with Crippen molar-refractivity contribution >= 4 is 33.9 Å². The maximum absolute atomic E-state index is 13.4. The zero-order valence-electron chi connectivity index (χ0n) is 18.6. The number of halogens is 4. The smallest absolute Gasteiger partial charge is 0.425 e. The third-order valence-electron chi connectivity index (χ3n) is 5.31. The fourth-order valence-electron chi connectivity index (χ4n) is 3.46. The summed E-state index contributed by atoms with van der Waals surface area (Å²) in [6, 6.07) is 5.77. The fourth-order valence-corrected chi connectivity index (χ4v) is 3.61. The van der Waals surface area contributed by atoms with Crippen molar-refractivity contribution in [3.8, 4) is 17.4 Å². The topological polar surface area (TPSA) is 103 Å². The number of hydrazone groups is 1. The number of H-pyrrole nitrogens is 1. The van der Waals surface area contributed by atoms with Gasteiger partial charge in [-0.15, -0.1) is 0 Å².